The summed E-state index contributed by atoms with van der Waals surface area (Å²) in [6, 6.07) is 11.0. The molecule has 0 fully saturated rings. The van der Waals surface area contributed by atoms with Gasteiger partial charge in [-0.3, -0.25) is 19.7 Å². The van der Waals surface area contributed by atoms with Gasteiger partial charge < -0.3 is 9.64 Å². The predicted octanol–water partition coefficient (Wildman–Crippen LogP) is 4.80. The second-order valence-corrected chi connectivity index (χ2v) is 11.8. The van der Waals surface area contributed by atoms with Crippen molar-refractivity contribution in [3.63, 3.8) is 0 Å². The van der Waals surface area contributed by atoms with Crippen LogP contribution in [0.15, 0.2) is 69.7 Å². The van der Waals surface area contributed by atoms with Crippen molar-refractivity contribution < 1.29 is 27.7 Å². The number of halogens is 1. The van der Waals surface area contributed by atoms with Gasteiger partial charge in [0.1, 0.15) is 12.4 Å². The van der Waals surface area contributed by atoms with E-state index in [0.29, 0.717) is 42.2 Å². The Hall–Kier alpha value is -3.87. The number of nitro benzene ring substituents is 1. The van der Waals surface area contributed by atoms with Gasteiger partial charge in [-0.2, -0.15) is 0 Å². The van der Waals surface area contributed by atoms with Gasteiger partial charge in [-0.25, -0.2) is 18.1 Å². The Morgan fingerprint density at radius 3 is 2.43 bits per heavy atom. The van der Waals surface area contributed by atoms with Gasteiger partial charge in [0.15, 0.2) is 5.78 Å². The summed E-state index contributed by atoms with van der Waals surface area (Å²) in [4.78, 5) is 42.7. The van der Waals surface area contributed by atoms with E-state index in [2.05, 4.69) is 4.72 Å². The minimum Gasteiger partial charge on any atom is -0.486 e. The number of likely N-dealkylation sites (N-methyl/N-ethyl adjacent to an activating group) is 1. The zero-order valence-corrected chi connectivity index (χ0v) is 25.4. The molecular formula is C29H33ClN4O7S. The molecule has 13 heteroatoms. The summed E-state index contributed by atoms with van der Waals surface area (Å²) in [6.45, 7) is 6.86. The maximum absolute atomic E-state index is 13.0. The number of non-ortho nitro benzene ring substituents is 1. The van der Waals surface area contributed by atoms with Crippen molar-refractivity contribution in [1.29, 1.82) is 0 Å². The summed E-state index contributed by atoms with van der Waals surface area (Å²) in [6.07, 6.45) is 2.94. The number of nitrogens with zero attached hydrogens (tertiary/aromatic N) is 3. The van der Waals surface area contributed by atoms with E-state index in [0.717, 1.165) is 17.5 Å². The van der Waals surface area contributed by atoms with Gasteiger partial charge in [-0.1, -0.05) is 18.5 Å². The lowest BCUT2D eigenvalue weighted by Crippen LogP contribution is -2.34. The molecule has 1 aliphatic carbocycles. The number of anilines is 1. The molecule has 2 aromatic rings. The Labute approximate surface area is 250 Å². The molecule has 1 aliphatic rings. The van der Waals surface area contributed by atoms with Crippen LogP contribution in [0.5, 0.6) is 5.75 Å². The third kappa shape index (κ3) is 8.81. The van der Waals surface area contributed by atoms with Crippen molar-refractivity contribution in [1.82, 2.24) is 4.72 Å². The molecule has 0 heterocycles. The SMILES string of the molecule is CCC1=C(Cl)C(=O)C(CC(=O)COc2ccc([N+](=O)[O-])cc2)=CC1=Nc1ccc(N(CC)CCNS(C)(=O)=O)cc1C. The third-order valence-electron chi connectivity index (χ3n) is 6.48. The summed E-state index contributed by atoms with van der Waals surface area (Å²) in [5, 5.41) is 10.8. The van der Waals surface area contributed by atoms with E-state index in [1.54, 1.807) is 6.08 Å². The van der Waals surface area contributed by atoms with E-state index in [1.165, 1.54) is 24.3 Å². The second-order valence-electron chi connectivity index (χ2n) is 9.61. The first-order chi connectivity index (χ1) is 19.8. The van der Waals surface area contributed by atoms with Crippen LogP contribution in [0.4, 0.5) is 17.1 Å². The Kier molecular flexibility index (Phi) is 11.1. The second kappa shape index (κ2) is 14.3. The highest BCUT2D eigenvalue weighted by atomic mass is 35.5. The van der Waals surface area contributed by atoms with Crippen molar-refractivity contribution in [2.45, 2.75) is 33.6 Å². The molecule has 42 heavy (non-hydrogen) atoms. The van der Waals surface area contributed by atoms with E-state index in [9.17, 15) is 28.1 Å². The molecule has 3 rings (SSSR count). The summed E-state index contributed by atoms with van der Waals surface area (Å²) in [7, 11) is -3.28. The van der Waals surface area contributed by atoms with Crippen molar-refractivity contribution in [3.8, 4) is 5.75 Å². The number of Topliss-reactive ketones (excluding diaryl/α,β-unsaturated/α-hetero) is 2. The molecule has 0 radical (unpaired) electrons. The Morgan fingerprint density at radius 1 is 1.17 bits per heavy atom. The molecule has 0 saturated carbocycles. The molecule has 0 aromatic heterocycles. The van der Waals surface area contributed by atoms with Crippen LogP contribution < -0.4 is 14.4 Å². The fourth-order valence-corrected chi connectivity index (χ4v) is 5.11. The monoisotopic (exact) mass is 616 g/mol. The lowest BCUT2D eigenvalue weighted by molar-refractivity contribution is -0.384. The number of sulfonamides is 1. The predicted molar refractivity (Wildman–Crippen MR) is 163 cm³/mol. The number of carbonyl (C=O) groups excluding carboxylic acids is 2. The molecule has 0 aliphatic heterocycles. The first-order valence-electron chi connectivity index (χ1n) is 13.2. The number of aryl methyl sites for hydroxylation is 1. The number of nitro groups is 1. The van der Waals surface area contributed by atoms with E-state index >= 15 is 0 Å². The number of allylic oxidation sites excluding steroid dienone is 4. The highest BCUT2D eigenvalue weighted by Gasteiger charge is 2.27. The molecule has 2 aromatic carbocycles. The standard InChI is InChI=1S/C29H33ClN4O7S/c1-5-25-27(32-26-12-9-22(15-19(26)3)33(6-2)14-13-31-42(4,39)40)17-20(29(36)28(25)30)16-23(35)18-41-24-10-7-21(8-11-24)34(37)38/h7-12,15,17,31H,5-6,13-14,16,18H2,1-4H3. The molecule has 0 atom stereocenters. The van der Waals surface area contributed by atoms with Crippen LogP contribution in [0.2, 0.25) is 0 Å². The first-order valence-corrected chi connectivity index (χ1v) is 15.5. The van der Waals surface area contributed by atoms with Crippen molar-refractivity contribution in [2.24, 2.45) is 4.99 Å². The summed E-state index contributed by atoms with van der Waals surface area (Å²) in [5.74, 6) is -0.523. The fraction of sp³-hybridized carbons (Fsp3) is 0.345. The van der Waals surface area contributed by atoms with E-state index in [1.807, 2.05) is 43.9 Å². The zero-order chi connectivity index (χ0) is 31.0. The average molecular weight is 617 g/mol. The van der Waals surface area contributed by atoms with Crippen LogP contribution in [0.1, 0.15) is 32.3 Å². The lowest BCUT2D eigenvalue weighted by Gasteiger charge is -2.24. The molecule has 0 spiro atoms. The van der Waals surface area contributed by atoms with Crippen LogP contribution in [-0.4, -0.2) is 63.1 Å². The third-order valence-corrected chi connectivity index (χ3v) is 7.61. The topological polar surface area (TPSA) is 148 Å². The fourth-order valence-electron chi connectivity index (χ4n) is 4.29. The quantitative estimate of drug-likeness (QED) is 0.181. The summed E-state index contributed by atoms with van der Waals surface area (Å²) < 4.78 is 30.7. The Bertz CT molecular complexity index is 1560. The number of ether oxygens (including phenoxy) is 1. The first kappa shape index (κ1) is 32.6. The maximum Gasteiger partial charge on any atom is 0.269 e. The zero-order valence-electron chi connectivity index (χ0n) is 23.8. The van der Waals surface area contributed by atoms with E-state index in [4.69, 9.17) is 21.3 Å². The van der Waals surface area contributed by atoms with Crippen molar-refractivity contribution in [3.05, 3.63) is 80.4 Å². The minimum absolute atomic E-state index is 0.0163. The van der Waals surface area contributed by atoms with Crippen LogP contribution in [0.3, 0.4) is 0 Å². The molecule has 0 unspecified atom stereocenters. The van der Waals surface area contributed by atoms with Gasteiger partial charge in [0, 0.05) is 55.0 Å². The van der Waals surface area contributed by atoms with Crippen molar-refractivity contribution >= 4 is 56.0 Å². The number of nitrogens with one attached hydrogen (secondary N) is 1. The van der Waals surface area contributed by atoms with Gasteiger partial charge in [0.05, 0.1) is 27.6 Å². The highest BCUT2D eigenvalue weighted by molar-refractivity contribution is 7.88. The van der Waals surface area contributed by atoms with Crippen LogP contribution >= 0.6 is 11.6 Å². The number of hydrogen-bond donors (Lipinski definition) is 1. The molecule has 1 N–H and O–H groups in total. The van der Waals surface area contributed by atoms with Crippen LogP contribution in [0, 0.1) is 17.0 Å². The Balaban J connectivity index is 1.78. The number of hydrogen-bond acceptors (Lipinski definition) is 9. The van der Waals surface area contributed by atoms with Gasteiger partial charge in [-0.15, -0.1) is 0 Å². The number of rotatable bonds is 14. The molecule has 0 amide bonds. The van der Waals surface area contributed by atoms with Gasteiger partial charge in [-0.05, 0) is 62.2 Å². The average Bonchev–Trinajstić information content (AvgIpc) is 2.93. The van der Waals surface area contributed by atoms with E-state index in [-0.39, 0.29) is 41.6 Å². The number of benzene rings is 2. The highest BCUT2D eigenvalue weighted by Crippen LogP contribution is 2.31. The van der Waals surface area contributed by atoms with Gasteiger partial charge in [0.2, 0.25) is 15.8 Å². The molecular weight excluding hydrogens is 584 g/mol. The summed E-state index contributed by atoms with van der Waals surface area (Å²) in [5.41, 5.74) is 3.59. The van der Waals surface area contributed by atoms with Crippen LogP contribution in [-0.2, 0) is 19.6 Å². The normalized spacial score (nSPS) is 14.6. The molecule has 11 nitrogen and oxygen atoms in total. The van der Waals surface area contributed by atoms with E-state index < -0.39 is 20.7 Å². The number of carbonyl (C=O) groups is 2. The smallest absolute Gasteiger partial charge is 0.269 e. The maximum atomic E-state index is 13.0. The number of ketones is 2. The minimum atomic E-state index is -3.28. The largest absolute Gasteiger partial charge is 0.486 e. The summed E-state index contributed by atoms with van der Waals surface area (Å²) >= 11 is 6.45. The number of aliphatic imine (C=N–C) groups is 1. The molecule has 0 saturated heterocycles. The van der Waals surface area contributed by atoms with Crippen molar-refractivity contribution in [2.75, 3.05) is 37.4 Å². The van der Waals surface area contributed by atoms with Gasteiger partial charge in [0.25, 0.3) is 5.69 Å². The Morgan fingerprint density at radius 2 is 1.86 bits per heavy atom. The van der Waals surface area contributed by atoms with Gasteiger partial charge >= 0.3 is 0 Å². The molecule has 0 bridgehead atoms. The lowest BCUT2D eigenvalue weighted by atomic mass is 9.91. The van der Waals surface area contributed by atoms with Crippen LogP contribution in [0.25, 0.3) is 0 Å². The molecule has 224 valence electrons.